The van der Waals surface area contributed by atoms with Crippen LogP contribution in [0.4, 0.5) is 5.69 Å². The van der Waals surface area contributed by atoms with Crippen molar-refractivity contribution in [3.8, 4) is 0 Å². The Bertz CT molecular complexity index is 971. The van der Waals surface area contributed by atoms with E-state index in [1.807, 2.05) is 26.0 Å². The number of nitrogens with zero attached hydrogens (tertiary/aromatic N) is 2. The van der Waals surface area contributed by atoms with Crippen molar-refractivity contribution in [1.82, 2.24) is 10.6 Å². The minimum atomic E-state index is -3.20. The van der Waals surface area contributed by atoms with Crippen LogP contribution in [0.25, 0.3) is 0 Å². The molecular formula is C23H34N4O2S. The van der Waals surface area contributed by atoms with Crippen LogP contribution in [0.2, 0.25) is 0 Å². The molecule has 7 heteroatoms. The maximum Gasteiger partial charge on any atom is 0.191 e. The number of guanidine groups is 1. The molecule has 0 unspecified atom stereocenters. The molecule has 30 heavy (non-hydrogen) atoms. The highest BCUT2D eigenvalue weighted by Crippen LogP contribution is 2.19. The number of anilines is 1. The zero-order valence-corrected chi connectivity index (χ0v) is 19.5. The maximum absolute atomic E-state index is 11.8. The fraction of sp³-hybridized carbons (Fsp3) is 0.435. The highest BCUT2D eigenvalue weighted by molar-refractivity contribution is 7.90. The second-order valence-electron chi connectivity index (χ2n) is 7.36. The molecule has 164 valence electrons. The lowest BCUT2D eigenvalue weighted by atomic mass is 10.1. The van der Waals surface area contributed by atoms with Gasteiger partial charge in [-0.25, -0.2) is 13.4 Å². The van der Waals surface area contributed by atoms with E-state index < -0.39 is 9.84 Å². The smallest absolute Gasteiger partial charge is 0.191 e. The van der Waals surface area contributed by atoms with Crippen molar-refractivity contribution in [1.29, 1.82) is 0 Å². The Morgan fingerprint density at radius 1 is 1.03 bits per heavy atom. The van der Waals surface area contributed by atoms with Gasteiger partial charge in [0.1, 0.15) is 0 Å². The van der Waals surface area contributed by atoms with Crippen LogP contribution in [-0.4, -0.2) is 46.8 Å². The number of benzene rings is 2. The van der Waals surface area contributed by atoms with Gasteiger partial charge in [-0.3, -0.25) is 0 Å². The number of hydrogen-bond donors (Lipinski definition) is 2. The number of sulfone groups is 1. The van der Waals surface area contributed by atoms with Gasteiger partial charge in [0.05, 0.1) is 11.4 Å². The molecule has 0 saturated heterocycles. The Balaban J connectivity index is 2.01. The van der Waals surface area contributed by atoms with Crippen LogP contribution in [-0.2, 0) is 16.4 Å². The molecule has 0 amide bonds. The van der Waals surface area contributed by atoms with Crippen LogP contribution in [0.1, 0.15) is 30.5 Å². The molecule has 0 spiro atoms. The van der Waals surface area contributed by atoms with Gasteiger partial charge in [0.15, 0.2) is 15.8 Å². The van der Waals surface area contributed by atoms with Gasteiger partial charge in [0, 0.05) is 38.1 Å². The Morgan fingerprint density at radius 2 is 1.77 bits per heavy atom. The quantitative estimate of drug-likeness (QED) is 0.472. The van der Waals surface area contributed by atoms with Crippen LogP contribution in [0.15, 0.2) is 52.4 Å². The monoisotopic (exact) mass is 430 g/mol. The predicted molar refractivity (Wildman–Crippen MR) is 126 cm³/mol. The third-order valence-electron chi connectivity index (χ3n) is 4.91. The average molecular weight is 431 g/mol. The predicted octanol–water partition coefficient (Wildman–Crippen LogP) is 3.29. The lowest BCUT2D eigenvalue weighted by Gasteiger charge is -2.25. The third-order valence-corrected chi connectivity index (χ3v) is 6.17. The number of hydrogen-bond acceptors (Lipinski definition) is 4. The summed E-state index contributed by atoms with van der Waals surface area (Å²) >= 11 is 0. The van der Waals surface area contributed by atoms with Gasteiger partial charge < -0.3 is 15.5 Å². The van der Waals surface area contributed by atoms with E-state index in [4.69, 9.17) is 0 Å². The first-order valence-electron chi connectivity index (χ1n) is 10.4. The third kappa shape index (κ3) is 6.76. The van der Waals surface area contributed by atoms with Gasteiger partial charge in [-0.15, -0.1) is 0 Å². The zero-order chi connectivity index (χ0) is 22.1. The molecule has 2 aromatic carbocycles. The van der Waals surface area contributed by atoms with E-state index in [0.29, 0.717) is 11.4 Å². The number of aliphatic imine (C=N–C) groups is 1. The lowest BCUT2D eigenvalue weighted by Crippen LogP contribution is -2.41. The van der Waals surface area contributed by atoms with Crippen molar-refractivity contribution in [3.05, 3.63) is 59.2 Å². The fourth-order valence-corrected chi connectivity index (χ4v) is 4.37. The second-order valence-corrected chi connectivity index (χ2v) is 9.34. The van der Waals surface area contributed by atoms with Gasteiger partial charge in [0.2, 0.25) is 0 Å². The molecule has 0 radical (unpaired) electrons. The summed E-state index contributed by atoms with van der Waals surface area (Å²) in [5.41, 5.74) is 4.25. The molecule has 6 nitrogen and oxygen atoms in total. The molecule has 0 heterocycles. The van der Waals surface area contributed by atoms with Crippen molar-refractivity contribution in [2.24, 2.45) is 4.99 Å². The Labute approximate surface area is 181 Å². The van der Waals surface area contributed by atoms with Gasteiger partial charge in [-0.1, -0.05) is 30.3 Å². The van der Waals surface area contributed by atoms with E-state index in [-0.39, 0.29) is 0 Å². The van der Waals surface area contributed by atoms with Gasteiger partial charge in [0.25, 0.3) is 0 Å². The topological polar surface area (TPSA) is 73.8 Å². The van der Waals surface area contributed by atoms with E-state index in [9.17, 15) is 8.42 Å². The second kappa shape index (κ2) is 11.0. The normalized spacial score (nSPS) is 12.0. The van der Waals surface area contributed by atoms with Gasteiger partial charge >= 0.3 is 0 Å². The summed E-state index contributed by atoms with van der Waals surface area (Å²) in [6.07, 6.45) is 1.23. The Morgan fingerprint density at radius 3 is 2.37 bits per heavy atom. The van der Waals surface area contributed by atoms with Crippen LogP contribution in [0, 0.1) is 13.8 Å². The standard InChI is InChI=1S/C23H34N4O2S/c1-6-24-23(25-14-15-27(7-2)21-11-9-8-10-18(21)3)26-17-20-12-13-22(19(4)16-20)30(5,28)29/h8-13,16H,6-7,14-15,17H2,1-5H3,(H2,24,25,26). The maximum atomic E-state index is 11.8. The molecule has 0 aromatic heterocycles. The van der Waals surface area contributed by atoms with E-state index in [2.05, 4.69) is 58.6 Å². The summed E-state index contributed by atoms with van der Waals surface area (Å²) in [5, 5.41) is 6.67. The molecule has 0 aliphatic rings. The largest absolute Gasteiger partial charge is 0.370 e. The SMILES string of the molecule is CCNC(=NCc1ccc(S(C)(=O)=O)c(C)c1)NCCN(CC)c1ccccc1C. The van der Waals surface area contributed by atoms with Crippen LogP contribution in [0.3, 0.4) is 0 Å². The number of para-hydroxylation sites is 1. The van der Waals surface area contributed by atoms with Crippen molar-refractivity contribution in [2.45, 2.75) is 39.1 Å². The molecule has 0 fully saturated rings. The van der Waals surface area contributed by atoms with Crippen molar-refractivity contribution in [2.75, 3.05) is 37.3 Å². The van der Waals surface area contributed by atoms with Crippen LogP contribution in [0.5, 0.6) is 0 Å². The molecule has 0 saturated carbocycles. The number of aryl methyl sites for hydroxylation is 2. The fourth-order valence-electron chi connectivity index (χ4n) is 3.41. The molecule has 0 aliphatic heterocycles. The number of likely N-dealkylation sites (N-methyl/N-ethyl adjacent to an activating group) is 1. The Kier molecular flexibility index (Phi) is 8.72. The summed E-state index contributed by atoms with van der Waals surface area (Å²) in [4.78, 5) is 7.37. The number of nitrogens with one attached hydrogen (secondary N) is 2. The first-order chi connectivity index (χ1) is 14.3. The summed E-state index contributed by atoms with van der Waals surface area (Å²) in [7, 11) is -3.20. The highest BCUT2D eigenvalue weighted by atomic mass is 32.2. The Hall–Kier alpha value is -2.54. The first kappa shape index (κ1) is 23.7. The average Bonchev–Trinajstić information content (AvgIpc) is 2.69. The van der Waals surface area contributed by atoms with E-state index in [0.717, 1.165) is 43.3 Å². The molecular weight excluding hydrogens is 396 g/mol. The molecule has 0 atom stereocenters. The lowest BCUT2D eigenvalue weighted by molar-refractivity contribution is 0.601. The zero-order valence-electron chi connectivity index (χ0n) is 18.7. The van der Waals surface area contributed by atoms with E-state index in [1.54, 1.807) is 6.07 Å². The molecule has 2 N–H and O–H groups in total. The van der Waals surface area contributed by atoms with E-state index in [1.165, 1.54) is 17.5 Å². The molecule has 2 aromatic rings. The first-order valence-corrected chi connectivity index (χ1v) is 12.3. The van der Waals surface area contributed by atoms with Crippen molar-refractivity contribution in [3.63, 3.8) is 0 Å². The van der Waals surface area contributed by atoms with Gasteiger partial charge in [-0.05, 0) is 56.5 Å². The van der Waals surface area contributed by atoms with E-state index >= 15 is 0 Å². The summed E-state index contributed by atoms with van der Waals surface area (Å²) in [5.74, 6) is 0.753. The number of rotatable bonds is 9. The molecule has 2 rings (SSSR count). The summed E-state index contributed by atoms with van der Waals surface area (Å²) in [6.45, 7) is 12.0. The highest BCUT2D eigenvalue weighted by Gasteiger charge is 2.11. The van der Waals surface area contributed by atoms with Gasteiger partial charge in [-0.2, -0.15) is 0 Å². The molecule has 0 bridgehead atoms. The van der Waals surface area contributed by atoms with Crippen molar-refractivity contribution < 1.29 is 8.42 Å². The molecule has 0 aliphatic carbocycles. The van der Waals surface area contributed by atoms with Crippen LogP contribution >= 0.6 is 0 Å². The van der Waals surface area contributed by atoms with Crippen molar-refractivity contribution >= 4 is 21.5 Å². The van der Waals surface area contributed by atoms with Crippen LogP contribution < -0.4 is 15.5 Å². The summed E-state index contributed by atoms with van der Waals surface area (Å²) < 4.78 is 23.6. The minimum absolute atomic E-state index is 0.371. The minimum Gasteiger partial charge on any atom is -0.370 e. The summed E-state index contributed by atoms with van der Waals surface area (Å²) in [6, 6.07) is 13.8.